The first-order valence-electron chi connectivity index (χ1n) is 7.30. The Hall–Kier alpha value is -1.07. The maximum atomic E-state index is 12.8. The Bertz CT molecular complexity index is 574. The summed E-state index contributed by atoms with van der Waals surface area (Å²) in [5.74, 6) is 0. The van der Waals surface area contributed by atoms with Gasteiger partial charge in [-0.3, -0.25) is 0 Å². The normalized spacial score (nSPS) is 18.5. The third-order valence-electron chi connectivity index (χ3n) is 4.06. The summed E-state index contributed by atoms with van der Waals surface area (Å²) < 4.78 is 27.2. The van der Waals surface area contributed by atoms with Gasteiger partial charge in [0.1, 0.15) is 4.90 Å². The van der Waals surface area contributed by atoms with Crippen LogP contribution in [0.2, 0.25) is 0 Å². The summed E-state index contributed by atoms with van der Waals surface area (Å²) in [5, 5.41) is 0. The molecule has 112 valence electrons. The Balaban J connectivity index is 2.35. The molecule has 1 aliphatic rings. The molecule has 1 heterocycles. The first-order chi connectivity index (χ1) is 9.43. The van der Waals surface area contributed by atoms with E-state index in [1.54, 1.807) is 16.4 Å². The predicted molar refractivity (Wildman–Crippen MR) is 82.2 cm³/mol. The van der Waals surface area contributed by atoms with E-state index in [0.717, 1.165) is 36.8 Å². The molecule has 0 radical (unpaired) electrons. The first-order valence-corrected chi connectivity index (χ1v) is 8.74. The zero-order valence-electron chi connectivity index (χ0n) is 12.4. The van der Waals surface area contributed by atoms with Crippen LogP contribution in [0, 0.1) is 13.8 Å². The molecule has 0 unspecified atom stereocenters. The van der Waals surface area contributed by atoms with Gasteiger partial charge in [0.05, 0.1) is 5.69 Å². The summed E-state index contributed by atoms with van der Waals surface area (Å²) in [4.78, 5) is 0.265. The summed E-state index contributed by atoms with van der Waals surface area (Å²) >= 11 is 0. The maximum absolute atomic E-state index is 12.8. The Morgan fingerprint density at radius 1 is 0.950 bits per heavy atom. The fourth-order valence-corrected chi connectivity index (χ4v) is 4.33. The molecule has 0 atom stereocenters. The van der Waals surface area contributed by atoms with Gasteiger partial charge in [-0.15, -0.1) is 0 Å². The molecule has 0 spiro atoms. The van der Waals surface area contributed by atoms with E-state index >= 15 is 0 Å². The quantitative estimate of drug-likeness (QED) is 0.854. The highest BCUT2D eigenvalue weighted by Crippen LogP contribution is 2.27. The Morgan fingerprint density at radius 2 is 1.45 bits per heavy atom. The van der Waals surface area contributed by atoms with Gasteiger partial charge < -0.3 is 5.73 Å². The highest BCUT2D eigenvalue weighted by Gasteiger charge is 2.26. The van der Waals surface area contributed by atoms with Gasteiger partial charge in [-0.25, -0.2) is 8.42 Å². The molecule has 1 aliphatic heterocycles. The summed E-state index contributed by atoms with van der Waals surface area (Å²) in [5.41, 5.74) is 8.29. The fourth-order valence-electron chi connectivity index (χ4n) is 2.63. The van der Waals surface area contributed by atoms with Crippen LogP contribution < -0.4 is 5.73 Å². The molecule has 1 fully saturated rings. The molecule has 0 aliphatic carbocycles. The largest absolute Gasteiger partial charge is 0.398 e. The van der Waals surface area contributed by atoms with Crippen molar-refractivity contribution in [3.05, 3.63) is 23.3 Å². The average molecular weight is 296 g/mol. The highest BCUT2D eigenvalue weighted by molar-refractivity contribution is 7.89. The van der Waals surface area contributed by atoms with Crippen LogP contribution in [0.1, 0.15) is 43.2 Å². The summed E-state index contributed by atoms with van der Waals surface area (Å²) in [6.45, 7) is 5.07. The van der Waals surface area contributed by atoms with Crippen molar-refractivity contribution in [1.82, 2.24) is 4.31 Å². The number of nitrogen functional groups attached to an aromatic ring is 1. The lowest BCUT2D eigenvalue weighted by atomic mass is 10.1. The minimum absolute atomic E-state index is 0.265. The molecule has 1 aromatic carbocycles. The van der Waals surface area contributed by atoms with Crippen LogP contribution in [0.3, 0.4) is 0 Å². The molecule has 1 aromatic rings. The van der Waals surface area contributed by atoms with E-state index in [1.165, 1.54) is 6.42 Å². The van der Waals surface area contributed by atoms with E-state index in [1.807, 2.05) is 13.8 Å². The summed E-state index contributed by atoms with van der Waals surface area (Å²) in [7, 11) is -3.46. The van der Waals surface area contributed by atoms with Gasteiger partial charge in [-0.1, -0.05) is 19.3 Å². The third-order valence-corrected chi connectivity index (χ3v) is 6.01. The topological polar surface area (TPSA) is 63.4 Å². The molecule has 0 amide bonds. The van der Waals surface area contributed by atoms with Crippen molar-refractivity contribution in [1.29, 1.82) is 0 Å². The lowest BCUT2D eigenvalue weighted by molar-refractivity contribution is 0.364. The van der Waals surface area contributed by atoms with Crippen molar-refractivity contribution in [3.8, 4) is 0 Å². The molecule has 4 nitrogen and oxygen atoms in total. The fraction of sp³-hybridized carbons (Fsp3) is 0.600. The van der Waals surface area contributed by atoms with Gasteiger partial charge in [-0.2, -0.15) is 4.31 Å². The van der Waals surface area contributed by atoms with Crippen LogP contribution in [0.4, 0.5) is 5.69 Å². The smallest absolute Gasteiger partial charge is 0.245 e. The molecule has 2 rings (SSSR count). The lowest BCUT2D eigenvalue weighted by Gasteiger charge is -2.25. The van der Waals surface area contributed by atoms with Crippen molar-refractivity contribution in [2.75, 3.05) is 18.8 Å². The molecular weight excluding hydrogens is 272 g/mol. The van der Waals surface area contributed by atoms with E-state index in [2.05, 4.69) is 0 Å². The van der Waals surface area contributed by atoms with Crippen LogP contribution in [0.25, 0.3) is 0 Å². The number of hydrogen-bond acceptors (Lipinski definition) is 3. The number of nitrogens with zero attached hydrogens (tertiary/aromatic N) is 1. The number of sulfonamides is 1. The minimum Gasteiger partial charge on any atom is -0.398 e. The summed E-state index contributed by atoms with van der Waals surface area (Å²) in [6, 6.07) is 3.46. The van der Waals surface area contributed by atoms with E-state index in [0.29, 0.717) is 18.8 Å². The maximum Gasteiger partial charge on any atom is 0.245 e. The van der Waals surface area contributed by atoms with Crippen LogP contribution >= 0.6 is 0 Å². The van der Waals surface area contributed by atoms with Gasteiger partial charge in [0.15, 0.2) is 0 Å². The van der Waals surface area contributed by atoms with Gasteiger partial charge in [0.2, 0.25) is 10.0 Å². The van der Waals surface area contributed by atoms with E-state index in [-0.39, 0.29) is 4.90 Å². The van der Waals surface area contributed by atoms with E-state index in [4.69, 9.17) is 5.73 Å². The monoisotopic (exact) mass is 296 g/mol. The highest BCUT2D eigenvalue weighted by atomic mass is 32.2. The zero-order valence-corrected chi connectivity index (χ0v) is 13.2. The molecule has 0 bridgehead atoms. The Kier molecular flexibility index (Phi) is 4.70. The van der Waals surface area contributed by atoms with Crippen LogP contribution in [-0.4, -0.2) is 25.8 Å². The van der Waals surface area contributed by atoms with Crippen molar-refractivity contribution < 1.29 is 8.42 Å². The number of anilines is 1. The molecular formula is C15H24N2O2S. The predicted octanol–water partition coefficient (Wildman–Crippen LogP) is 2.84. The first kappa shape index (κ1) is 15.3. The van der Waals surface area contributed by atoms with E-state index in [9.17, 15) is 8.42 Å². The van der Waals surface area contributed by atoms with Crippen LogP contribution in [-0.2, 0) is 10.0 Å². The molecule has 0 saturated carbocycles. The average Bonchev–Trinajstić information content (AvgIpc) is 2.32. The van der Waals surface area contributed by atoms with Crippen LogP contribution in [0.5, 0.6) is 0 Å². The lowest BCUT2D eigenvalue weighted by Crippen LogP contribution is -2.34. The van der Waals surface area contributed by atoms with Gasteiger partial charge in [0.25, 0.3) is 0 Å². The summed E-state index contributed by atoms with van der Waals surface area (Å²) in [6.07, 6.45) is 5.29. The molecule has 20 heavy (non-hydrogen) atoms. The molecule has 0 aromatic heterocycles. The van der Waals surface area contributed by atoms with Gasteiger partial charge in [0, 0.05) is 13.1 Å². The van der Waals surface area contributed by atoms with Gasteiger partial charge in [-0.05, 0) is 49.9 Å². The number of benzene rings is 1. The van der Waals surface area contributed by atoms with Gasteiger partial charge >= 0.3 is 0 Å². The zero-order chi connectivity index (χ0) is 14.8. The van der Waals surface area contributed by atoms with Crippen LogP contribution in [0.15, 0.2) is 17.0 Å². The second-order valence-corrected chi connectivity index (χ2v) is 7.55. The van der Waals surface area contributed by atoms with Crippen molar-refractivity contribution >= 4 is 15.7 Å². The standard InChI is InChI=1S/C15H24N2O2S/c1-12-10-14(16)15(11-13(12)2)20(18,19)17-8-6-4-3-5-7-9-17/h10-11H,3-9,16H2,1-2H3. The van der Waals surface area contributed by atoms with Crippen molar-refractivity contribution in [2.24, 2.45) is 0 Å². The molecule has 5 heteroatoms. The minimum atomic E-state index is -3.46. The second-order valence-electron chi connectivity index (χ2n) is 5.65. The number of rotatable bonds is 2. The Morgan fingerprint density at radius 3 is 2.05 bits per heavy atom. The number of aryl methyl sites for hydroxylation is 2. The third kappa shape index (κ3) is 3.15. The molecule has 2 N–H and O–H groups in total. The number of hydrogen-bond donors (Lipinski definition) is 1. The second kappa shape index (κ2) is 6.14. The van der Waals surface area contributed by atoms with Crippen molar-refractivity contribution in [3.63, 3.8) is 0 Å². The molecule has 1 saturated heterocycles. The number of nitrogens with two attached hydrogens (primary N) is 1. The van der Waals surface area contributed by atoms with E-state index < -0.39 is 10.0 Å². The SMILES string of the molecule is Cc1cc(N)c(S(=O)(=O)N2CCCCCCC2)cc1C. The van der Waals surface area contributed by atoms with Crippen molar-refractivity contribution in [2.45, 2.75) is 50.8 Å². The Labute approximate surface area is 122 Å².